The Labute approximate surface area is 90.4 Å². The molecule has 0 aromatic heterocycles. The second kappa shape index (κ2) is 4.61. The molecule has 1 N–H and O–H groups in total. The normalized spacial score (nSPS) is 9.69. The van der Waals surface area contributed by atoms with Crippen LogP contribution in [-0.2, 0) is 9.47 Å². The lowest BCUT2D eigenvalue weighted by Crippen LogP contribution is -2.14. The molecule has 5 nitrogen and oxygen atoms in total. The van der Waals surface area contributed by atoms with Gasteiger partial charge in [-0.3, -0.25) is 0 Å². The van der Waals surface area contributed by atoms with Gasteiger partial charge in [0, 0.05) is 0 Å². The number of hydrogen-bond donors (Lipinski definition) is 1. The van der Waals surface area contributed by atoms with Gasteiger partial charge in [0.25, 0.3) is 0 Å². The first-order valence-electron chi connectivity index (χ1n) is 4.21. The molecule has 1 aromatic rings. The largest absolute Gasteiger partial charge is 0.505 e. The number of benzene rings is 1. The number of carbonyl (C=O) groups excluding carboxylic acids is 2. The molecule has 0 aliphatic heterocycles. The summed E-state index contributed by atoms with van der Waals surface area (Å²) in [7, 11) is 2.13. The van der Waals surface area contributed by atoms with Gasteiger partial charge < -0.3 is 14.6 Å². The molecule has 1 rings (SSSR count). The van der Waals surface area contributed by atoms with Gasteiger partial charge in [0.15, 0.2) is 11.6 Å². The van der Waals surface area contributed by atoms with Gasteiger partial charge in [-0.15, -0.1) is 0 Å². The fourth-order valence-electron chi connectivity index (χ4n) is 1.15. The number of hydrogen-bond acceptors (Lipinski definition) is 5. The monoisotopic (exact) mass is 228 g/mol. The summed E-state index contributed by atoms with van der Waals surface area (Å²) in [4.78, 5) is 22.5. The van der Waals surface area contributed by atoms with E-state index in [2.05, 4.69) is 9.47 Å². The Hall–Kier alpha value is -2.11. The number of carbonyl (C=O) groups is 2. The second-order valence-corrected chi connectivity index (χ2v) is 2.80. The van der Waals surface area contributed by atoms with Gasteiger partial charge in [0.1, 0.15) is 5.56 Å². The van der Waals surface area contributed by atoms with E-state index in [1.54, 1.807) is 0 Å². The zero-order valence-electron chi connectivity index (χ0n) is 8.61. The summed E-state index contributed by atoms with van der Waals surface area (Å²) in [6, 6.07) is 2.03. The number of halogens is 1. The molecule has 0 heterocycles. The van der Waals surface area contributed by atoms with Gasteiger partial charge in [0.05, 0.1) is 19.8 Å². The van der Waals surface area contributed by atoms with E-state index in [1.165, 1.54) is 0 Å². The van der Waals surface area contributed by atoms with E-state index in [0.29, 0.717) is 0 Å². The summed E-state index contributed by atoms with van der Waals surface area (Å²) >= 11 is 0. The van der Waals surface area contributed by atoms with Crippen molar-refractivity contribution < 1.29 is 28.6 Å². The minimum absolute atomic E-state index is 0.301. The summed E-state index contributed by atoms with van der Waals surface area (Å²) in [5, 5.41) is 9.09. The topological polar surface area (TPSA) is 72.8 Å². The van der Waals surface area contributed by atoms with Crippen LogP contribution in [0.2, 0.25) is 0 Å². The van der Waals surface area contributed by atoms with Crippen molar-refractivity contribution in [2.75, 3.05) is 14.2 Å². The zero-order chi connectivity index (χ0) is 12.3. The van der Waals surface area contributed by atoms with Gasteiger partial charge >= 0.3 is 11.9 Å². The average molecular weight is 228 g/mol. The van der Waals surface area contributed by atoms with Gasteiger partial charge in [-0.05, 0) is 12.1 Å². The number of rotatable bonds is 2. The van der Waals surface area contributed by atoms with E-state index in [0.717, 1.165) is 26.4 Å². The molecule has 0 amide bonds. The van der Waals surface area contributed by atoms with Gasteiger partial charge in [-0.1, -0.05) is 0 Å². The summed E-state index contributed by atoms with van der Waals surface area (Å²) in [5.74, 6) is -3.91. The van der Waals surface area contributed by atoms with Crippen LogP contribution < -0.4 is 0 Å². The predicted octanol–water partition coefficient (Wildman–Crippen LogP) is 1.10. The van der Waals surface area contributed by atoms with Crippen LogP contribution in [0.25, 0.3) is 0 Å². The Kier molecular flexibility index (Phi) is 3.44. The lowest BCUT2D eigenvalue weighted by molar-refractivity contribution is 0.0550. The smallest absolute Gasteiger partial charge is 0.341 e. The minimum atomic E-state index is -1.21. The van der Waals surface area contributed by atoms with Crippen molar-refractivity contribution in [2.45, 2.75) is 0 Å². The van der Waals surface area contributed by atoms with Crippen LogP contribution in [0.3, 0.4) is 0 Å². The van der Waals surface area contributed by atoms with Crippen molar-refractivity contribution in [3.05, 3.63) is 29.1 Å². The van der Waals surface area contributed by atoms with Gasteiger partial charge in [-0.25, -0.2) is 14.0 Å². The maximum Gasteiger partial charge on any atom is 0.341 e. The third-order valence-electron chi connectivity index (χ3n) is 1.92. The molecular weight excluding hydrogens is 219 g/mol. The minimum Gasteiger partial charge on any atom is -0.505 e. The Balaban J connectivity index is 3.44. The third-order valence-corrected chi connectivity index (χ3v) is 1.92. The van der Waals surface area contributed by atoms with E-state index >= 15 is 0 Å². The molecule has 0 saturated carbocycles. The van der Waals surface area contributed by atoms with E-state index in [1.807, 2.05) is 0 Å². The second-order valence-electron chi connectivity index (χ2n) is 2.80. The highest BCUT2D eigenvalue weighted by Gasteiger charge is 2.24. The Morgan fingerprint density at radius 2 is 1.75 bits per heavy atom. The zero-order valence-corrected chi connectivity index (χ0v) is 8.61. The van der Waals surface area contributed by atoms with Crippen molar-refractivity contribution in [3.63, 3.8) is 0 Å². The number of ether oxygens (including phenoxy) is 2. The quantitative estimate of drug-likeness (QED) is 0.767. The number of phenols is 1. The highest BCUT2D eigenvalue weighted by molar-refractivity contribution is 6.03. The summed E-state index contributed by atoms with van der Waals surface area (Å²) in [6.45, 7) is 0. The SMILES string of the molecule is COC(=O)c1ccc(O)c(F)c1C(=O)OC. The maximum atomic E-state index is 13.4. The number of phenolic OH excluding ortho intramolecular Hbond substituents is 1. The molecule has 0 unspecified atom stereocenters. The summed E-state index contributed by atoms with van der Waals surface area (Å²) < 4.78 is 22.1. The first-order valence-corrected chi connectivity index (χ1v) is 4.21. The summed E-state index contributed by atoms with van der Waals surface area (Å²) in [5.41, 5.74) is -0.945. The van der Waals surface area contributed by atoms with Crippen molar-refractivity contribution >= 4 is 11.9 Å². The lowest BCUT2D eigenvalue weighted by atomic mass is 10.1. The van der Waals surface area contributed by atoms with Crippen LogP contribution in [0, 0.1) is 5.82 Å². The maximum absolute atomic E-state index is 13.4. The Morgan fingerprint density at radius 1 is 1.19 bits per heavy atom. The molecule has 0 aliphatic carbocycles. The first-order chi connectivity index (χ1) is 7.52. The molecule has 0 atom stereocenters. The molecule has 6 heteroatoms. The lowest BCUT2D eigenvalue weighted by Gasteiger charge is -2.08. The van der Waals surface area contributed by atoms with Crippen LogP contribution >= 0.6 is 0 Å². The molecule has 86 valence electrons. The van der Waals surface area contributed by atoms with Crippen LogP contribution in [-0.4, -0.2) is 31.3 Å². The van der Waals surface area contributed by atoms with Crippen LogP contribution in [0.1, 0.15) is 20.7 Å². The van der Waals surface area contributed by atoms with E-state index in [-0.39, 0.29) is 5.56 Å². The first kappa shape index (κ1) is 12.0. The molecule has 0 fully saturated rings. The van der Waals surface area contributed by atoms with Crippen molar-refractivity contribution in [2.24, 2.45) is 0 Å². The molecule has 1 aromatic carbocycles. The van der Waals surface area contributed by atoms with Crippen LogP contribution in [0.15, 0.2) is 12.1 Å². The molecule has 0 spiro atoms. The third kappa shape index (κ3) is 1.95. The summed E-state index contributed by atoms with van der Waals surface area (Å²) in [6.07, 6.45) is 0. The van der Waals surface area contributed by atoms with E-state index in [4.69, 9.17) is 5.11 Å². The molecule has 0 aliphatic rings. The van der Waals surface area contributed by atoms with Crippen molar-refractivity contribution in [1.82, 2.24) is 0 Å². The predicted molar refractivity (Wildman–Crippen MR) is 50.7 cm³/mol. The van der Waals surface area contributed by atoms with Crippen molar-refractivity contribution in [1.29, 1.82) is 0 Å². The molecule has 16 heavy (non-hydrogen) atoms. The Bertz CT molecular complexity index is 441. The van der Waals surface area contributed by atoms with Crippen LogP contribution in [0.5, 0.6) is 5.75 Å². The highest BCUT2D eigenvalue weighted by Crippen LogP contribution is 2.24. The number of methoxy groups -OCH3 is 2. The fourth-order valence-corrected chi connectivity index (χ4v) is 1.15. The van der Waals surface area contributed by atoms with Gasteiger partial charge in [-0.2, -0.15) is 0 Å². The average Bonchev–Trinajstić information content (AvgIpc) is 2.30. The molecular formula is C10H9FO5. The molecule has 0 radical (unpaired) electrons. The number of aromatic hydroxyl groups is 1. The van der Waals surface area contributed by atoms with E-state index in [9.17, 15) is 14.0 Å². The van der Waals surface area contributed by atoms with Crippen molar-refractivity contribution in [3.8, 4) is 5.75 Å². The fraction of sp³-hybridized carbons (Fsp3) is 0.200. The van der Waals surface area contributed by atoms with Crippen LogP contribution in [0.4, 0.5) is 4.39 Å². The Morgan fingerprint density at radius 3 is 2.25 bits per heavy atom. The molecule has 0 saturated heterocycles. The highest BCUT2D eigenvalue weighted by atomic mass is 19.1. The number of esters is 2. The standard InChI is InChI=1S/C10H9FO5/c1-15-9(13)5-3-4-6(12)8(11)7(5)10(14)16-2/h3-4,12H,1-2H3. The van der Waals surface area contributed by atoms with E-state index < -0.39 is 29.1 Å². The molecule has 0 bridgehead atoms. The van der Waals surface area contributed by atoms with Gasteiger partial charge in [0.2, 0.25) is 0 Å².